The van der Waals surface area contributed by atoms with E-state index in [1.165, 1.54) is 12.7 Å². The molecule has 4 rings (SSSR count). The van der Waals surface area contributed by atoms with Gasteiger partial charge >= 0.3 is 5.97 Å². The Morgan fingerprint density at radius 3 is 2.79 bits per heavy atom. The minimum atomic E-state index is -0.326. The van der Waals surface area contributed by atoms with E-state index in [0.717, 1.165) is 49.5 Å². The Labute approximate surface area is 170 Å². The van der Waals surface area contributed by atoms with Gasteiger partial charge in [-0.15, -0.1) is 0 Å². The smallest absolute Gasteiger partial charge is 0.337 e. The molecule has 1 fully saturated rings. The highest BCUT2D eigenvalue weighted by molar-refractivity contribution is 5.94. The predicted octanol–water partition coefficient (Wildman–Crippen LogP) is 3.34. The number of aromatic nitrogens is 1. The molecule has 152 valence electrons. The van der Waals surface area contributed by atoms with Crippen LogP contribution in [0.1, 0.15) is 15.9 Å². The number of hydrogen-bond donors (Lipinski definition) is 0. The molecular formula is C23H26N2O4. The van der Waals surface area contributed by atoms with Gasteiger partial charge in [0.1, 0.15) is 12.4 Å². The van der Waals surface area contributed by atoms with Crippen molar-refractivity contribution < 1.29 is 19.0 Å². The molecule has 2 heterocycles. The van der Waals surface area contributed by atoms with Crippen LogP contribution in [0, 0.1) is 0 Å². The maximum atomic E-state index is 11.8. The van der Waals surface area contributed by atoms with Gasteiger partial charge in [-0.1, -0.05) is 18.2 Å². The van der Waals surface area contributed by atoms with Gasteiger partial charge in [-0.3, -0.25) is 4.90 Å². The van der Waals surface area contributed by atoms with Gasteiger partial charge in [0, 0.05) is 31.3 Å². The lowest BCUT2D eigenvalue weighted by Crippen LogP contribution is -2.35. The first kappa shape index (κ1) is 19.5. The zero-order valence-electron chi connectivity index (χ0n) is 16.7. The second kappa shape index (κ2) is 9.11. The zero-order valence-corrected chi connectivity index (χ0v) is 16.7. The molecule has 0 aliphatic carbocycles. The molecule has 0 saturated carbocycles. The van der Waals surface area contributed by atoms with E-state index < -0.39 is 0 Å². The first-order chi connectivity index (χ1) is 14.2. The number of fused-ring (bicyclic) bond motifs is 1. The molecule has 1 aliphatic heterocycles. The van der Waals surface area contributed by atoms with Crippen LogP contribution in [0.25, 0.3) is 10.9 Å². The summed E-state index contributed by atoms with van der Waals surface area (Å²) < 4.78 is 18.3. The number of morpholine rings is 1. The van der Waals surface area contributed by atoms with Crippen molar-refractivity contribution in [3.05, 3.63) is 65.9 Å². The normalized spacial score (nSPS) is 14.8. The molecule has 0 spiro atoms. The van der Waals surface area contributed by atoms with Crippen LogP contribution in [-0.4, -0.2) is 55.5 Å². The molecule has 3 aromatic rings. The van der Waals surface area contributed by atoms with Gasteiger partial charge in [0.25, 0.3) is 0 Å². The number of esters is 1. The third kappa shape index (κ3) is 4.78. The van der Waals surface area contributed by atoms with Crippen LogP contribution < -0.4 is 4.74 Å². The Balaban J connectivity index is 1.37. The summed E-state index contributed by atoms with van der Waals surface area (Å²) >= 11 is 0. The summed E-state index contributed by atoms with van der Waals surface area (Å²) in [7, 11) is 1.40. The van der Waals surface area contributed by atoms with Crippen LogP contribution in [0.2, 0.25) is 0 Å². The van der Waals surface area contributed by atoms with E-state index in [0.29, 0.717) is 18.7 Å². The summed E-state index contributed by atoms with van der Waals surface area (Å²) in [6, 6.07) is 15.9. The van der Waals surface area contributed by atoms with E-state index in [1.54, 1.807) is 6.07 Å². The Hall–Kier alpha value is -2.83. The number of methoxy groups -OCH3 is 1. The van der Waals surface area contributed by atoms with Crippen molar-refractivity contribution in [2.24, 2.45) is 0 Å². The maximum absolute atomic E-state index is 11.8. The SMILES string of the molecule is COC(=O)c1ccc2ccn(CCOc3cccc(CN4CCOCC4)c3)c2c1. The third-order valence-electron chi connectivity index (χ3n) is 5.20. The van der Waals surface area contributed by atoms with Crippen LogP contribution in [0.15, 0.2) is 54.7 Å². The van der Waals surface area contributed by atoms with E-state index >= 15 is 0 Å². The fourth-order valence-electron chi connectivity index (χ4n) is 3.64. The predicted molar refractivity (Wildman–Crippen MR) is 111 cm³/mol. The van der Waals surface area contributed by atoms with Crippen molar-refractivity contribution >= 4 is 16.9 Å². The summed E-state index contributed by atoms with van der Waals surface area (Å²) in [5, 5.41) is 1.09. The number of carbonyl (C=O) groups excluding carboxylic acids is 1. The van der Waals surface area contributed by atoms with Crippen LogP contribution >= 0.6 is 0 Å². The van der Waals surface area contributed by atoms with Gasteiger partial charge in [0.2, 0.25) is 0 Å². The molecular weight excluding hydrogens is 368 g/mol. The van der Waals surface area contributed by atoms with Crippen molar-refractivity contribution in [2.75, 3.05) is 40.0 Å². The van der Waals surface area contributed by atoms with E-state index in [1.807, 2.05) is 36.5 Å². The number of nitrogens with zero attached hydrogens (tertiary/aromatic N) is 2. The molecule has 1 saturated heterocycles. The van der Waals surface area contributed by atoms with Gasteiger partial charge in [0.15, 0.2) is 0 Å². The molecule has 0 radical (unpaired) electrons. The molecule has 0 atom stereocenters. The topological polar surface area (TPSA) is 52.9 Å². The minimum absolute atomic E-state index is 0.326. The Kier molecular flexibility index (Phi) is 6.12. The lowest BCUT2D eigenvalue weighted by atomic mass is 10.1. The minimum Gasteiger partial charge on any atom is -0.492 e. The standard InChI is InChI=1S/C23H26N2O4/c1-27-23(26)20-6-5-19-7-8-25(22(19)16-20)11-14-29-21-4-2-3-18(15-21)17-24-9-12-28-13-10-24/h2-8,15-16H,9-14,17H2,1H3. The maximum Gasteiger partial charge on any atom is 0.337 e. The van der Waals surface area contributed by atoms with Crippen molar-refractivity contribution in [1.82, 2.24) is 9.47 Å². The lowest BCUT2D eigenvalue weighted by molar-refractivity contribution is 0.0341. The first-order valence-corrected chi connectivity index (χ1v) is 9.92. The van der Waals surface area contributed by atoms with Gasteiger partial charge in [-0.2, -0.15) is 0 Å². The Bertz CT molecular complexity index is 976. The summed E-state index contributed by atoms with van der Waals surface area (Å²) in [4.78, 5) is 14.2. The average molecular weight is 394 g/mol. The summed E-state index contributed by atoms with van der Waals surface area (Å²) in [5.41, 5.74) is 2.80. The molecule has 0 bridgehead atoms. The highest BCUT2D eigenvalue weighted by Crippen LogP contribution is 2.19. The highest BCUT2D eigenvalue weighted by atomic mass is 16.5. The summed E-state index contributed by atoms with van der Waals surface area (Å²) in [5.74, 6) is 0.551. The van der Waals surface area contributed by atoms with Crippen LogP contribution in [0.4, 0.5) is 0 Å². The second-order valence-corrected chi connectivity index (χ2v) is 7.16. The zero-order chi connectivity index (χ0) is 20.1. The van der Waals surface area contributed by atoms with E-state index in [2.05, 4.69) is 21.6 Å². The summed E-state index contributed by atoms with van der Waals surface area (Å²) in [6.45, 7) is 5.71. The van der Waals surface area contributed by atoms with Crippen LogP contribution in [0.5, 0.6) is 5.75 Å². The molecule has 0 amide bonds. The van der Waals surface area contributed by atoms with Crippen molar-refractivity contribution in [3.8, 4) is 5.75 Å². The largest absolute Gasteiger partial charge is 0.492 e. The molecule has 0 N–H and O–H groups in total. The number of rotatable bonds is 7. The van der Waals surface area contributed by atoms with Gasteiger partial charge in [0.05, 0.1) is 32.4 Å². The van der Waals surface area contributed by atoms with E-state index in [9.17, 15) is 4.79 Å². The molecule has 0 unspecified atom stereocenters. The van der Waals surface area contributed by atoms with Gasteiger partial charge in [-0.05, 0) is 41.3 Å². The van der Waals surface area contributed by atoms with Crippen molar-refractivity contribution in [2.45, 2.75) is 13.1 Å². The number of hydrogen-bond acceptors (Lipinski definition) is 5. The van der Waals surface area contributed by atoms with Crippen LogP contribution in [0.3, 0.4) is 0 Å². The van der Waals surface area contributed by atoms with Crippen LogP contribution in [-0.2, 0) is 22.6 Å². The first-order valence-electron chi connectivity index (χ1n) is 9.92. The fraction of sp³-hybridized carbons (Fsp3) is 0.348. The lowest BCUT2D eigenvalue weighted by Gasteiger charge is -2.26. The van der Waals surface area contributed by atoms with E-state index in [-0.39, 0.29) is 5.97 Å². The monoisotopic (exact) mass is 394 g/mol. The second-order valence-electron chi connectivity index (χ2n) is 7.16. The number of ether oxygens (including phenoxy) is 3. The Morgan fingerprint density at radius 1 is 1.10 bits per heavy atom. The molecule has 2 aromatic carbocycles. The molecule has 6 nitrogen and oxygen atoms in total. The Morgan fingerprint density at radius 2 is 1.97 bits per heavy atom. The molecule has 29 heavy (non-hydrogen) atoms. The number of benzene rings is 2. The van der Waals surface area contributed by atoms with Crippen molar-refractivity contribution in [3.63, 3.8) is 0 Å². The molecule has 1 aromatic heterocycles. The van der Waals surface area contributed by atoms with E-state index in [4.69, 9.17) is 14.2 Å². The molecule has 1 aliphatic rings. The summed E-state index contributed by atoms with van der Waals surface area (Å²) in [6.07, 6.45) is 2.02. The number of carbonyl (C=O) groups is 1. The average Bonchev–Trinajstić information content (AvgIpc) is 3.16. The van der Waals surface area contributed by atoms with Gasteiger partial charge < -0.3 is 18.8 Å². The fourth-order valence-corrected chi connectivity index (χ4v) is 3.64. The molecule has 6 heteroatoms. The third-order valence-corrected chi connectivity index (χ3v) is 5.20. The quantitative estimate of drug-likeness (QED) is 0.576. The van der Waals surface area contributed by atoms with Crippen molar-refractivity contribution in [1.29, 1.82) is 0 Å². The highest BCUT2D eigenvalue weighted by Gasteiger charge is 2.11. The van der Waals surface area contributed by atoms with Gasteiger partial charge in [-0.25, -0.2) is 4.79 Å².